The van der Waals surface area contributed by atoms with Crippen molar-refractivity contribution in [2.45, 2.75) is 46.1 Å². The topological polar surface area (TPSA) is 21.3 Å². The van der Waals surface area contributed by atoms with Crippen LogP contribution < -0.4 is 10.1 Å². The van der Waals surface area contributed by atoms with Gasteiger partial charge in [-0.05, 0) is 43.0 Å². The van der Waals surface area contributed by atoms with Gasteiger partial charge in [0, 0.05) is 6.04 Å². The number of hydrogen-bond acceptors (Lipinski definition) is 2. The van der Waals surface area contributed by atoms with E-state index in [-0.39, 0.29) is 0 Å². The second kappa shape index (κ2) is 8.15. The largest absolute Gasteiger partial charge is 0.497 e. The van der Waals surface area contributed by atoms with Crippen molar-refractivity contribution >= 4 is 0 Å². The molecule has 0 amide bonds. The van der Waals surface area contributed by atoms with Crippen molar-refractivity contribution in [2.75, 3.05) is 13.7 Å². The second-order valence-corrected chi connectivity index (χ2v) is 4.99. The van der Waals surface area contributed by atoms with Crippen LogP contribution in [0.3, 0.4) is 0 Å². The van der Waals surface area contributed by atoms with E-state index in [4.69, 9.17) is 4.74 Å². The van der Waals surface area contributed by atoms with Crippen molar-refractivity contribution in [3.05, 3.63) is 29.8 Å². The SMILES string of the molecule is CCCC(C)C(Cc1cccc(OC)c1)NCC. The Kier molecular flexibility index (Phi) is 6.81. The van der Waals surface area contributed by atoms with Crippen molar-refractivity contribution < 1.29 is 4.74 Å². The number of benzene rings is 1. The smallest absolute Gasteiger partial charge is 0.119 e. The first-order valence-electron chi connectivity index (χ1n) is 7.07. The normalized spacial score (nSPS) is 14.2. The molecule has 18 heavy (non-hydrogen) atoms. The minimum Gasteiger partial charge on any atom is -0.497 e. The van der Waals surface area contributed by atoms with Gasteiger partial charge >= 0.3 is 0 Å². The molecule has 0 aliphatic carbocycles. The average molecular weight is 249 g/mol. The van der Waals surface area contributed by atoms with Crippen LogP contribution in [0, 0.1) is 5.92 Å². The van der Waals surface area contributed by atoms with Gasteiger partial charge in [0.15, 0.2) is 0 Å². The molecular formula is C16H27NO. The van der Waals surface area contributed by atoms with Gasteiger partial charge in [-0.25, -0.2) is 0 Å². The predicted octanol–water partition coefficient (Wildman–Crippen LogP) is 3.65. The predicted molar refractivity (Wildman–Crippen MR) is 78.2 cm³/mol. The molecule has 0 aliphatic rings. The summed E-state index contributed by atoms with van der Waals surface area (Å²) in [5.41, 5.74) is 1.35. The van der Waals surface area contributed by atoms with E-state index in [0.717, 1.165) is 18.7 Å². The van der Waals surface area contributed by atoms with E-state index in [2.05, 4.69) is 44.3 Å². The van der Waals surface area contributed by atoms with E-state index in [1.165, 1.54) is 18.4 Å². The Balaban J connectivity index is 2.69. The average Bonchev–Trinajstić information content (AvgIpc) is 2.39. The summed E-state index contributed by atoms with van der Waals surface area (Å²) >= 11 is 0. The number of hydrogen-bond donors (Lipinski definition) is 1. The van der Waals surface area contributed by atoms with Gasteiger partial charge in [0.1, 0.15) is 5.75 Å². The summed E-state index contributed by atoms with van der Waals surface area (Å²) in [4.78, 5) is 0. The Morgan fingerprint density at radius 3 is 2.67 bits per heavy atom. The Labute approximate surface area is 112 Å². The van der Waals surface area contributed by atoms with E-state index in [1.807, 2.05) is 6.07 Å². The second-order valence-electron chi connectivity index (χ2n) is 4.99. The van der Waals surface area contributed by atoms with Gasteiger partial charge in [-0.3, -0.25) is 0 Å². The van der Waals surface area contributed by atoms with Gasteiger partial charge < -0.3 is 10.1 Å². The Morgan fingerprint density at radius 2 is 2.06 bits per heavy atom. The standard InChI is InChI=1S/C16H27NO/c1-5-8-13(3)16(17-6-2)12-14-9-7-10-15(11-14)18-4/h7,9-11,13,16-17H,5-6,8,12H2,1-4H3. The molecule has 1 aromatic rings. The summed E-state index contributed by atoms with van der Waals surface area (Å²) < 4.78 is 5.28. The van der Waals surface area contributed by atoms with Crippen LogP contribution in [-0.2, 0) is 6.42 Å². The summed E-state index contributed by atoms with van der Waals surface area (Å²) in [6.07, 6.45) is 3.61. The summed E-state index contributed by atoms with van der Waals surface area (Å²) in [5.74, 6) is 1.66. The van der Waals surface area contributed by atoms with E-state index < -0.39 is 0 Å². The molecule has 0 saturated heterocycles. The van der Waals surface area contributed by atoms with Gasteiger partial charge in [0.05, 0.1) is 7.11 Å². The molecule has 102 valence electrons. The minimum absolute atomic E-state index is 0.557. The van der Waals surface area contributed by atoms with E-state index in [0.29, 0.717) is 12.0 Å². The Hall–Kier alpha value is -1.02. The van der Waals surface area contributed by atoms with Crippen molar-refractivity contribution in [1.29, 1.82) is 0 Å². The number of ether oxygens (including phenoxy) is 1. The van der Waals surface area contributed by atoms with Gasteiger partial charge in [0.25, 0.3) is 0 Å². The zero-order valence-electron chi connectivity index (χ0n) is 12.2. The highest BCUT2D eigenvalue weighted by molar-refractivity contribution is 5.29. The van der Waals surface area contributed by atoms with Gasteiger partial charge in [-0.1, -0.05) is 39.3 Å². The molecule has 0 aromatic heterocycles. The fourth-order valence-electron chi connectivity index (χ4n) is 2.45. The van der Waals surface area contributed by atoms with Crippen LogP contribution in [0.5, 0.6) is 5.75 Å². The molecule has 1 rings (SSSR count). The molecule has 0 heterocycles. The molecule has 2 nitrogen and oxygen atoms in total. The third-order valence-electron chi connectivity index (χ3n) is 3.49. The van der Waals surface area contributed by atoms with Crippen LogP contribution in [0.15, 0.2) is 24.3 Å². The van der Waals surface area contributed by atoms with Crippen LogP contribution in [0.4, 0.5) is 0 Å². The maximum absolute atomic E-state index is 5.28. The fraction of sp³-hybridized carbons (Fsp3) is 0.625. The summed E-state index contributed by atoms with van der Waals surface area (Å²) in [5, 5.41) is 3.61. The van der Waals surface area contributed by atoms with Crippen LogP contribution >= 0.6 is 0 Å². The Morgan fingerprint density at radius 1 is 1.28 bits per heavy atom. The fourth-order valence-corrected chi connectivity index (χ4v) is 2.45. The highest BCUT2D eigenvalue weighted by Crippen LogP contribution is 2.18. The lowest BCUT2D eigenvalue weighted by Gasteiger charge is -2.25. The lowest BCUT2D eigenvalue weighted by atomic mass is 9.91. The third kappa shape index (κ3) is 4.69. The molecule has 0 spiro atoms. The van der Waals surface area contributed by atoms with E-state index >= 15 is 0 Å². The molecule has 0 radical (unpaired) electrons. The highest BCUT2D eigenvalue weighted by Gasteiger charge is 2.16. The zero-order valence-corrected chi connectivity index (χ0v) is 12.2. The quantitative estimate of drug-likeness (QED) is 0.759. The maximum Gasteiger partial charge on any atom is 0.119 e. The maximum atomic E-state index is 5.28. The van der Waals surface area contributed by atoms with Crippen molar-refractivity contribution in [3.63, 3.8) is 0 Å². The van der Waals surface area contributed by atoms with Crippen LogP contribution in [0.25, 0.3) is 0 Å². The molecule has 0 aliphatic heterocycles. The molecule has 0 bridgehead atoms. The highest BCUT2D eigenvalue weighted by atomic mass is 16.5. The third-order valence-corrected chi connectivity index (χ3v) is 3.49. The molecule has 1 aromatic carbocycles. The minimum atomic E-state index is 0.557. The van der Waals surface area contributed by atoms with Crippen LogP contribution in [0.1, 0.15) is 39.2 Å². The van der Waals surface area contributed by atoms with Crippen LogP contribution in [0.2, 0.25) is 0 Å². The van der Waals surface area contributed by atoms with E-state index in [9.17, 15) is 0 Å². The molecular weight excluding hydrogens is 222 g/mol. The molecule has 1 N–H and O–H groups in total. The first-order chi connectivity index (χ1) is 8.71. The number of rotatable bonds is 8. The zero-order chi connectivity index (χ0) is 13.4. The molecule has 0 saturated carbocycles. The molecule has 2 unspecified atom stereocenters. The molecule has 2 heteroatoms. The van der Waals surface area contributed by atoms with Gasteiger partial charge in [-0.15, -0.1) is 0 Å². The molecule has 2 atom stereocenters. The lowest BCUT2D eigenvalue weighted by Crippen LogP contribution is -2.36. The van der Waals surface area contributed by atoms with Crippen molar-refractivity contribution in [3.8, 4) is 5.75 Å². The number of nitrogens with one attached hydrogen (secondary N) is 1. The summed E-state index contributed by atoms with van der Waals surface area (Å²) in [7, 11) is 1.72. The summed E-state index contributed by atoms with van der Waals surface area (Å²) in [6, 6.07) is 8.96. The van der Waals surface area contributed by atoms with Crippen LogP contribution in [-0.4, -0.2) is 19.7 Å². The number of methoxy groups -OCH3 is 1. The Bertz CT molecular complexity index is 338. The van der Waals surface area contributed by atoms with Crippen molar-refractivity contribution in [1.82, 2.24) is 5.32 Å². The molecule has 0 fully saturated rings. The monoisotopic (exact) mass is 249 g/mol. The van der Waals surface area contributed by atoms with Gasteiger partial charge in [-0.2, -0.15) is 0 Å². The first-order valence-corrected chi connectivity index (χ1v) is 7.07. The first kappa shape index (κ1) is 15.0. The summed E-state index contributed by atoms with van der Waals surface area (Å²) in [6.45, 7) is 7.81. The van der Waals surface area contributed by atoms with Crippen molar-refractivity contribution in [2.24, 2.45) is 5.92 Å². The van der Waals surface area contributed by atoms with E-state index in [1.54, 1.807) is 7.11 Å². The lowest BCUT2D eigenvalue weighted by molar-refractivity contribution is 0.357. The van der Waals surface area contributed by atoms with Gasteiger partial charge in [0.2, 0.25) is 0 Å². The number of likely N-dealkylation sites (N-methyl/N-ethyl adjacent to an activating group) is 1.